The largest absolute Gasteiger partial charge is 0.497 e. The number of fused-ring (bicyclic) bond motifs is 2. The molecule has 1 aliphatic heterocycles. The standard InChI is InChI=1S/C26H23N3O3/c1-32-18-12-10-17(11-13-18)14-28-24(30)16-29-25(20-7-2-3-8-21(20)26(29)31)22-15-27-23-9-5-4-6-19(22)23/h2-13,15,25,27H,14,16H2,1H3,(H,28,30). The van der Waals surface area contributed by atoms with E-state index in [1.54, 1.807) is 12.0 Å². The molecule has 5 rings (SSSR count). The molecule has 0 bridgehead atoms. The molecule has 6 nitrogen and oxygen atoms in total. The predicted octanol–water partition coefficient (Wildman–Crippen LogP) is 4.04. The number of hydrogen-bond acceptors (Lipinski definition) is 3. The van der Waals surface area contributed by atoms with Crippen LogP contribution in [0.1, 0.15) is 33.1 Å². The third-order valence-corrected chi connectivity index (χ3v) is 5.94. The smallest absolute Gasteiger partial charge is 0.255 e. The predicted molar refractivity (Wildman–Crippen MR) is 122 cm³/mol. The number of nitrogens with one attached hydrogen (secondary N) is 2. The van der Waals surface area contributed by atoms with Gasteiger partial charge in [-0.15, -0.1) is 0 Å². The van der Waals surface area contributed by atoms with Crippen LogP contribution in [0.4, 0.5) is 0 Å². The number of para-hydroxylation sites is 1. The van der Waals surface area contributed by atoms with E-state index in [0.29, 0.717) is 12.1 Å². The lowest BCUT2D eigenvalue weighted by atomic mass is 9.97. The zero-order valence-electron chi connectivity index (χ0n) is 17.7. The summed E-state index contributed by atoms with van der Waals surface area (Å²) in [7, 11) is 1.62. The number of H-pyrrole nitrogens is 1. The van der Waals surface area contributed by atoms with Crippen molar-refractivity contribution in [3.8, 4) is 5.75 Å². The topological polar surface area (TPSA) is 74.4 Å². The minimum absolute atomic E-state index is 0.0200. The summed E-state index contributed by atoms with van der Waals surface area (Å²) in [6, 6.07) is 22.8. The third-order valence-electron chi connectivity index (χ3n) is 5.94. The fourth-order valence-electron chi connectivity index (χ4n) is 4.34. The summed E-state index contributed by atoms with van der Waals surface area (Å²) in [5.74, 6) is 0.435. The fraction of sp³-hybridized carbons (Fsp3) is 0.154. The Bertz CT molecular complexity index is 1290. The highest BCUT2D eigenvalue weighted by molar-refractivity contribution is 6.02. The molecule has 2 heterocycles. The van der Waals surface area contributed by atoms with Crippen molar-refractivity contribution in [3.05, 3.63) is 101 Å². The summed E-state index contributed by atoms with van der Waals surface area (Å²) in [4.78, 5) is 31.0. The minimum atomic E-state index is -0.318. The van der Waals surface area contributed by atoms with E-state index in [1.807, 2.05) is 79.0 Å². The van der Waals surface area contributed by atoms with Gasteiger partial charge in [0.1, 0.15) is 12.3 Å². The van der Waals surface area contributed by atoms with Gasteiger partial charge in [0.05, 0.1) is 13.2 Å². The Kier molecular flexibility index (Phi) is 5.11. The van der Waals surface area contributed by atoms with Crippen LogP contribution in [-0.2, 0) is 11.3 Å². The number of aromatic amines is 1. The number of carbonyl (C=O) groups excluding carboxylic acids is 2. The molecule has 0 fully saturated rings. The monoisotopic (exact) mass is 425 g/mol. The number of aromatic nitrogens is 1. The molecule has 160 valence electrons. The summed E-state index contributed by atoms with van der Waals surface area (Å²) < 4.78 is 5.17. The van der Waals surface area contributed by atoms with Gasteiger partial charge >= 0.3 is 0 Å². The van der Waals surface area contributed by atoms with Gasteiger partial charge < -0.3 is 19.9 Å². The molecule has 1 aliphatic rings. The Balaban J connectivity index is 1.40. The molecule has 4 aromatic rings. The van der Waals surface area contributed by atoms with Gasteiger partial charge in [0.15, 0.2) is 0 Å². The molecule has 1 aromatic heterocycles. The first kappa shape index (κ1) is 19.9. The Morgan fingerprint density at radius 3 is 2.56 bits per heavy atom. The highest BCUT2D eigenvalue weighted by Gasteiger charge is 2.39. The van der Waals surface area contributed by atoms with Crippen LogP contribution in [-0.4, -0.2) is 35.4 Å². The number of hydrogen-bond donors (Lipinski definition) is 2. The lowest BCUT2D eigenvalue weighted by Crippen LogP contribution is -2.39. The van der Waals surface area contributed by atoms with E-state index in [9.17, 15) is 9.59 Å². The second-order valence-corrected chi connectivity index (χ2v) is 7.84. The van der Waals surface area contributed by atoms with E-state index in [4.69, 9.17) is 4.74 Å². The molecule has 32 heavy (non-hydrogen) atoms. The van der Waals surface area contributed by atoms with Crippen LogP contribution in [0.5, 0.6) is 5.75 Å². The van der Waals surface area contributed by atoms with Gasteiger partial charge in [0, 0.05) is 34.8 Å². The molecule has 0 radical (unpaired) electrons. The maximum atomic E-state index is 13.2. The van der Waals surface area contributed by atoms with Gasteiger partial charge in [-0.25, -0.2) is 0 Å². The molecule has 0 aliphatic carbocycles. The fourth-order valence-corrected chi connectivity index (χ4v) is 4.34. The maximum Gasteiger partial charge on any atom is 0.255 e. The molecule has 1 atom stereocenters. The number of rotatable bonds is 6. The molecule has 2 N–H and O–H groups in total. The quantitative estimate of drug-likeness (QED) is 0.490. The first-order valence-corrected chi connectivity index (χ1v) is 10.5. The number of amides is 2. The zero-order valence-corrected chi connectivity index (χ0v) is 17.7. The van der Waals surface area contributed by atoms with Gasteiger partial charge in [-0.05, 0) is 35.4 Å². The van der Waals surface area contributed by atoms with Crippen molar-refractivity contribution in [2.75, 3.05) is 13.7 Å². The van der Waals surface area contributed by atoms with Crippen molar-refractivity contribution in [2.45, 2.75) is 12.6 Å². The summed E-state index contributed by atoms with van der Waals surface area (Å²) >= 11 is 0. The molecule has 0 saturated heterocycles. The summed E-state index contributed by atoms with van der Waals surface area (Å²) in [6.07, 6.45) is 1.94. The highest BCUT2D eigenvalue weighted by atomic mass is 16.5. The van der Waals surface area contributed by atoms with Gasteiger partial charge in [-0.2, -0.15) is 0 Å². The van der Waals surface area contributed by atoms with Crippen LogP contribution >= 0.6 is 0 Å². The normalized spacial score (nSPS) is 15.1. The van der Waals surface area contributed by atoms with Gasteiger partial charge in [0.2, 0.25) is 5.91 Å². The lowest BCUT2D eigenvalue weighted by Gasteiger charge is -2.25. The number of carbonyl (C=O) groups is 2. The van der Waals surface area contributed by atoms with E-state index in [0.717, 1.165) is 33.3 Å². The van der Waals surface area contributed by atoms with Gasteiger partial charge in [-0.1, -0.05) is 48.5 Å². The molecule has 3 aromatic carbocycles. The molecular formula is C26H23N3O3. The van der Waals surface area contributed by atoms with Crippen molar-refractivity contribution < 1.29 is 14.3 Å². The lowest BCUT2D eigenvalue weighted by molar-refractivity contribution is -0.122. The van der Waals surface area contributed by atoms with Crippen LogP contribution in [0, 0.1) is 0 Å². The van der Waals surface area contributed by atoms with Crippen molar-refractivity contribution in [1.82, 2.24) is 15.2 Å². The summed E-state index contributed by atoms with van der Waals surface area (Å²) in [5.41, 5.74) is 4.52. The first-order chi connectivity index (χ1) is 15.7. The maximum absolute atomic E-state index is 13.2. The summed E-state index contributed by atoms with van der Waals surface area (Å²) in [6.45, 7) is 0.364. The van der Waals surface area contributed by atoms with Gasteiger partial charge in [0.25, 0.3) is 5.91 Å². The van der Waals surface area contributed by atoms with Crippen molar-refractivity contribution >= 4 is 22.7 Å². The number of benzene rings is 3. The highest BCUT2D eigenvalue weighted by Crippen LogP contribution is 2.40. The average molecular weight is 425 g/mol. The average Bonchev–Trinajstić information content (AvgIpc) is 3.37. The Morgan fingerprint density at radius 2 is 1.75 bits per heavy atom. The molecule has 0 saturated carbocycles. The molecule has 6 heteroatoms. The second-order valence-electron chi connectivity index (χ2n) is 7.84. The molecule has 2 amide bonds. The van der Waals surface area contributed by atoms with Crippen LogP contribution in [0.15, 0.2) is 79.0 Å². The zero-order chi connectivity index (χ0) is 22.1. The Hall–Kier alpha value is -4.06. The van der Waals surface area contributed by atoms with E-state index in [1.165, 1.54) is 0 Å². The number of ether oxygens (including phenoxy) is 1. The Labute approximate surface area is 185 Å². The third kappa shape index (κ3) is 3.50. The first-order valence-electron chi connectivity index (χ1n) is 10.5. The van der Waals surface area contributed by atoms with Crippen molar-refractivity contribution in [2.24, 2.45) is 0 Å². The van der Waals surface area contributed by atoms with Crippen LogP contribution < -0.4 is 10.1 Å². The van der Waals surface area contributed by atoms with E-state index >= 15 is 0 Å². The number of methoxy groups -OCH3 is 1. The SMILES string of the molecule is COc1ccc(CNC(=O)CN2C(=O)c3ccccc3C2c2c[nH]c3ccccc23)cc1. The summed E-state index contributed by atoms with van der Waals surface area (Å²) in [5, 5.41) is 3.98. The molecular weight excluding hydrogens is 402 g/mol. The molecule has 1 unspecified atom stereocenters. The van der Waals surface area contributed by atoms with Crippen molar-refractivity contribution in [1.29, 1.82) is 0 Å². The molecule has 0 spiro atoms. The van der Waals surface area contributed by atoms with E-state index < -0.39 is 0 Å². The second kappa shape index (κ2) is 8.23. The van der Waals surface area contributed by atoms with E-state index in [2.05, 4.69) is 10.3 Å². The van der Waals surface area contributed by atoms with Crippen LogP contribution in [0.2, 0.25) is 0 Å². The minimum Gasteiger partial charge on any atom is -0.497 e. The van der Waals surface area contributed by atoms with Crippen molar-refractivity contribution in [3.63, 3.8) is 0 Å². The number of nitrogens with zero attached hydrogens (tertiary/aromatic N) is 1. The Morgan fingerprint density at radius 1 is 1.00 bits per heavy atom. The van der Waals surface area contributed by atoms with Gasteiger partial charge in [-0.3, -0.25) is 9.59 Å². The van der Waals surface area contributed by atoms with Crippen LogP contribution in [0.25, 0.3) is 10.9 Å². The van der Waals surface area contributed by atoms with Crippen LogP contribution in [0.3, 0.4) is 0 Å². The van der Waals surface area contributed by atoms with E-state index in [-0.39, 0.29) is 24.4 Å².